The lowest BCUT2D eigenvalue weighted by Crippen LogP contribution is -2.13. The van der Waals surface area contributed by atoms with Crippen LogP contribution in [0.1, 0.15) is 31.1 Å². The van der Waals surface area contributed by atoms with Crippen LogP contribution in [0, 0.1) is 6.92 Å². The average Bonchev–Trinajstić information content (AvgIpc) is 2.86. The van der Waals surface area contributed by atoms with Gasteiger partial charge >= 0.3 is 0 Å². The van der Waals surface area contributed by atoms with Gasteiger partial charge in [-0.05, 0) is 38.5 Å². The number of nitrogens with one attached hydrogen (secondary N) is 1. The fourth-order valence-corrected chi connectivity index (χ4v) is 3.36. The van der Waals surface area contributed by atoms with Gasteiger partial charge in [-0.3, -0.25) is 4.72 Å². The minimum atomic E-state index is -3.61. The predicted molar refractivity (Wildman–Crippen MR) is 84.7 cm³/mol. The van der Waals surface area contributed by atoms with Crippen molar-refractivity contribution in [1.29, 1.82) is 0 Å². The van der Waals surface area contributed by atoms with Crippen molar-refractivity contribution in [3.63, 3.8) is 0 Å². The van der Waals surface area contributed by atoms with Gasteiger partial charge in [-0.1, -0.05) is 18.2 Å². The lowest BCUT2D eigenvalue weighted by Gasteiger charge is -2.11. The van der Waals surface area contributed by atoms with E-state index in [2.05, 4.69) is 4.72 Å². The van der Waals surface area contributed by atoms with Crippen molar-refractivity contribution >= 4 is 15.7 Å². The highest BCUT2D eigenvalue weighted by Gasteiger charge is 2.19. The number of sulfonamides is 1. The van der Waals surface area contributed by atoms with Gasteiger partial charge in [-0.2, -0.15) is 0 Å². The molecule has 2 rings (SSSR count). The molecule has 0 spiro atoms. The Morgan fingerprint density at radius 1 is 1.29 bits per heavy atom. The third-order valence-corrected chi connectivity index (χ3v) is 4.70. The van der Waals surface area contributed by atoms with Crippen molar-refractivity contribution in [3.05, 3.63) is 47.8 Å². The standard InChI is InChI=1S/C15H21N3O2S/c1-11(2)18-10-14(8-13(18)9-16)21(19,20)17-15-7-5-4-6-12(15)3/h4-8,10-11,17H,9,16H2,1-3H3. The molecule has 0 radical (unpaired) electrons. The maximum Gasteiger partial charge on any atom is 0.263 e. The maximum atomic E-state index is 12.5. The number of para-hydroxylation sites is 1. The Hall–Kier alpha value is -1.79. The topological polar surface area (TPSA) is 77.1 Å². The molecule has 0 saturated heterocycles. The van der Waals surface area contributed by atoms with Crippen molar-refractivity contribution in [2.45, 2.75) is 38.3 Å². The molecule has 6 heteroatoms. The van der Waals surface area contributed by atoms with Gasteiger partial charge < -0.3 is 10.3 Å². The number of rotatable bonds is 5. The van der Waals surface area contributed by atoms with Crippen LogP contribution in [0.5, 0.6) is 0 Å². The van der Waals surface area contributed by atoms with Crippen LogP contribution in [0.25, 0.3) is 0 Å². The van der Waals surface area contributed by atoms with E-state index in [0.717, 1.165) is 11.3 Å². The molecule has 1 aromatic heterocycles. The molecule has 1 aromatic carbocycles. The number of benzene rings is 1. The van der Waals surface area contributed by atoms with E-state index in [0.29, 0.717) is 12.2 Å². The Balaban J connectivity index is 2.38. The van der Waals surface area contributed by atoms with Crippen molar-refractivity contribution in [3.8, 4) is 0 Å². The largest absolute Gasteiger partial charge is 0.346 e. The van der Waals surface area contributed by atoms with Crippen LogP contribution < -0.4 is 10.5 Å². The molecule has 2 aromatic rings. The Morgan fingerprint density at radius 3 is 2.48 bits per heavy atom. The highest BCUT2D eigenvalue weighted by Crippen LogP contribution is 2.22. The summed E-state index contributed by atoms with van der Waals surface area (Å²) < 4.78 is 29.5. The van der Waals surface area contributed by atoms with Gasteiger partial charge in [0.1, 0.15) is 4.90 Å². The van der Waals surface area contributed by atoms with E-state index < -0.39 is 10.0 Å². The van der Waals surface area contributed by atoms with Crippen LogP contribution in [-0.2, 0) is 16.6 Å². The molecule has 3 N–H and O–H groups in total. The first-order valence-corrected chi connectivity index (χ1v) is 8.32. The Labute approximate surface area is 125 Å². The normalized spacial score (nSPS) is 11.9. The summed E-state index contributed by atoms with van der Waals surface area (Å²) in [7, 11) is -3.61. The van der Waals surface area contributed by atoms with Crippen molar-refractivity contribution in [2.24, 2.45) is 5.73 Å². The van der Waals surface area contributed by atoms with Crippen molar-refractivity contribution in [1.82, 2.24) is 4.57 Å². The number of nitrogens with two attached hydrogens (primary N) is 1. The maximum absolute atomic E-state index is 12.5. The minimum Gasteiger partial charge on any atom is -0.346 e. The molecule has 0 amide bonds. The molecule has 114 valence electrons. The monoisotopic (exact) mass is 307 g/mol. The second-order valence-electron chi connectivity index (χ2n) is 5.29. The molecule has 0 aliphatic rings. The van der Waals surface area contributed by atoms with E-state index in [1.54, 1.807) is 24.4 Å². The van der Waals surface area contributed by atoms with Crippen LogP contribution in [-0.4, -0.2) is 13.0 Å². The summed E-state index contributed by atoms with van der Waals surface area (Å²) in [6.45, 7) is 6.15. The van der Waals surface area contributed by atoms with Crippen LogP contribution in [0.2, 0.25) is 0 Å². The summed E-state index contributed by atoms with van der Waals surface area (Å²) in [5.41, 5.74) is 7.95. The summed E-state index contributed by atoms with van der Waals surface area (Å²) in [5.74, 6) is 0. The van der Waals surface area contributed by atoms with Gasteiger partial charge in [0.2, 0.25) is 0 Å². The minimum absolute atomic E-state index is 0.158. The summed E-state index contributed by atoms with van der Waals surface area (Å²) in [4.78, 5) is 0.236. The van der Waals surface area contributed by atoms with Crippen LogP contribution in [0.4, 0.5) is 5.69 Å². The third-order valence-electron chi connectivity index (χ3n) is 3.37. The molecular formula is C15H21N3O2S. The fourth-order valence-electron chi connectivity index (χ4n) is 2.18. The Bertz CT molecular complexity index is 733. The first kappa shape index (κ1) is 15.6. The number of aromatic nitrogens is 1. The Kier molecular flexibility index (Phi) is 4.39. The van der Waals surface area contributed by atoms with E-state index in [1.165, 1.54) is 0 Å². The molecule has 0 saturated carbocycles. The second kappa shape index (κ2) is 5.91. The van der Waals surface area contributed by atoms with Crippen molar-refractivity contribution < 1.29 is 8.42 Å². The lowest BCUT2D eigenvalue weighted by atomic mass is 10.2. The molecule has 1 heterocycles. The number of anilines is 1. The van der Waals surface area contributed by atoms with Gasteiger partial charge in [0.15, 0.2) is 0 Å². The molecule has 0 atom stereocenters. The van der Waals surface area contributed by atoms with Gasteiger partial charge in [0, 0.05) is 24.5 Å². The van der Waals surface area contributed by atoms with Crippen molar-refractivity contribution in [2.75, 3.05) is 4.72 Å². The summed E-state index contributed by atoms with van der Waals surface area (Å²) in [6, 6.07) is 9.06. The second-order valence-corrected chi connectivity index (χ2v) is 6.98. The Morgan fingerprint density at radius 2 is 1.95 bits per heavy atom. The predicted octanol–water partition coefficient (Wildman–Crippen LogP) is 2.64. The summed E-state index contributed by atoms with van der Waals surface area (Å²) in [6.07, 6.45) is 1.63. The van der Waals surface area contributed by atoms with Crippen LogP contribution in [0.15, 0.2) is 41.4 Å². The fraction of sp³-hybridized carbons (Fsp3) is 0.333. The van der Waals surface area contributed by atoms with Gasteiger partial charge in [-0.15, -0.1) is 0 Å². The highest BCUT2D eigenvalue weighted by molar-refractivity contribution is 7.92. The SMILES string of the molecule is Cc1ccccc1NS(=O)(=O)c1cc(CN)n(C(C)C)c1. The van der Waals surface area contributed by atoms with Gasteiger partial charge in [-0.25, -0.2) is 8.42 Å². The lowest BCUT2D eigenvalue weighted by molar-refractivity contribution is 0.573. The van der Waals surface area contributed by atoms with Gasteiger partial charge in [0.25, 0.3) is 10.0 Å². The first-order chi connectivity index (χ1) is 9.85. The number of hydrogen-bond acceptors (Lipinski definition) is 3. The van der Waals surface area contributed by atoms with E-state index in [1.807, 2.05) is 37.5 Å². The number of nitrogens with zero attached hydrogens (tertiary/aromatic N) is 1. The molecule has 21 heavy (non-hydrogen) atoms. The van der Waals surface area contributed by atoms with E-state index in [4.69, 9.17) is 5.73 Å². The first-order valence-electron chi connectivity index (χ1n) is 6.84. The molecule has 0 aliphatic carbocycles. The average molecular weight is 307 g/mol. The zero-order chi connectivity index (χ0) is 15.6. The van der Waals surface area contributed by atoms with E-state index in [-0.39, 0.29) is 10.9 Å². The molecule has 0 fully saturated rings. The molecule has 0 unspecified atom stereocenters. The number of hydrogen-bond donors (Lipinski definition) is 2. The van der Waals surface area contributed by atoms with Gasteiger partial charge in [0.05, 0.1) is 5.69 Å². The number of aryl methyl sites for hydroxylation is 1. The molecule has 0 bridgehead atoms. The van der Waals surface area contributed by atoms with Crippen LogP contribution in [0.3, 0.4) is 0 Å². The zero-order valence-electron chi connectivity index (χ0n) is 12.5. The summed E-state index contributed by atoms with van der Waals surface area (Å²) >= 11 is 0. The smallest absolute Gasteiger partial charge is 0.263 e. The van der Waals surface area contributed by atoms with E-state index in [9.17, 15) is 8.42 Å². The third kappa shape index (κ3) is 3.28. The highest BCUT2D eigenvalue weighted by atomic mass is 32.2. The quantitative estimate of drug-likeness (QED) is 0.891. The molecule has 5 nitrogen and oxygen atoms in total. The zero-order valence-corrected chi connectivity index (χ0v) is 13.3. The molecule has 0 aliphatic heterocycles. The van der Waals surface area contributed by atoms with Crippen LogP contribution >= 0.6 is 0 Å². The summed E-state index contributed by atoms with van der Waals surface area (Å²) in [5, 5.41) is 0. The molecular weight excluding hydrogens is 286 g/mol. The van der Waals surface area contributed by atoms with E-state index >= 15 is 0 Å².